The predicted octanol–water partition coefficient (Wildman–Crippen LogP) is -5.30. The molecule has 324 valence electrons. The minimum Gasteiger partial charge on any atom is -0.480 e. The normalized spacial score (nSPS) is 14.6. The van der Waals surface area contributed by atoms with Crippen LogP contribution in [0.25, 0.3) is 0 Å². The first-order chi connectivity index (χ1) is 26.6. The van der Waals surface area contributed by atoms with Crippen molar-refractivity contribution in [2.45, 2.75) is 114 Å². The van der Waals surface area contributed by atoms with Gasteiger partial charge in [0.05, 0.1) is 12.6 Å². The van der Waals surface area contributed by atoms with Crippen LogP contribution in [0.3, 0.4) is 0 Å². The van der Waals surface area contributed by atoms with Gasteiger partial charge in [0, 0.05) is 19.4 Å². The number of nitrogens with two attached hydrogens (primary N) is 5. The summed E-state index contributed by atoms with van der Waals surface area (Å²) in [5.74, 6) is -8.16. The topological polar surface area (TPSA) is 409 Å². The average Bonchev–Trinajstić information content (AvgIpc) is 3.11. The molecule has 0 spiro atoms. The van der Waals surface area contributed by atoms with Gasteiger partial charge in [-0.3, -0.25) is 43.3 Å². The third-order valence-corrected chi connectivity index (χ3v) is 8.68. The number of aliphatic imine (C=N–C) groups is 1. The molecule has 0 saturated heterocycles. The molecule has 0 rings (SSSR count). The van der Waals surface area contributed by atoms with Crippen molar-refractivity contribution in [2.75, 3.05) is 25.1 Å². The zero-order chi connectivity index (χ0) is 43.8. The van der Waals surface area contributed by atoms with E-state index in [1.54, 1.807) is 20.1 Å². The first kappa shape index (κ1) is 51.8. The van der Waals surface area contributed by atoms with Crippen LogP contribution in [0.15, 0.2) is 4.99 Å². The van der Waals surface area contributed by atoms with E-state index >= 15 is 0 Å². The van der Waals surface area contributed by atoms with E-state index < -0.39 is 102 Å². The molecule has 0 fully saturated rings. The molecule has 57 heavy (non-hydrogen) atoms. The fourth-order valence-electron chi connectivity index (χ4n) is 4.92. The number of carbonyl (C=O) groups excluding carboxylic acids is 8. The van der Waals surface area contributed by atoms with Crippen molar-refractivity contribution in [1.29, 1.82) is 0 Å². The van der Waals surface area contributed by atoms with Crippen molar-refractivity contribution in [3.63, 3.8) is 0 Å². The molecule has 0 saturated carbocycles. The molecule has 18 N–H and O–H groups in total. The van der Waals surface area contributed by atoms with Crippen molar-refractivity contribution in [3.05, 3.63) is 0 Å². The van der Waals surface area contributed by atoms with E-state index in [2.05, 4.69) is 36.9 Å². The highest BCUT2D eigenvalue weighted by atomic mass is 32.2. The Morgan fingerprint density at radius 3 is 1.58 bits per heavy atom. The van der Waals surface area contributed by atoms with Gasteiger partial charge in [-0.25, -0.2) is 4.79 Å². The maximum Gasteiger partial charge on any atom is 0.326 e. The van der Waals surface area contributed by atoms with Gasteiger partial charge in [-0.1, -0.05) is 13.8 Å². The van der Waals surface area contributed by atoms with Gasteiger partial charge in [0.25, 0.3) is 0 Å². The summed E-state index contributed by atoms with van der Waals surface area (Å²) in [6, 6.07) is -8.11. The third kappa shape index (κ3) is 22.8. The van der Waals surface area contributed by atoms with Crippen LogP contribution in [0.1, 0.15) is 72.1 Å². The van der Waals surface area contributed by atoms with Crippen LogP contribution < -0.4 is 60.6 Å². The molecule has 0 aromatic carbocycles. The number of nitrogens with one attached hydrogen (secondary N) is 6. The monoisotopic (exact) mass is 832 g/mol. The summed E-state index contributed by atoms with van der Waals surface area (Å²) in [7, 11) is 0. The second-order valence-corrected chi connectivity index (χ2v) is 14.5. The number of thioether (sulfide) groups is 1. The zero-order valence-corrected chi connectivity index (χ0v) is 33.5. The van der Waals surface area contributed by atoms with E-state index in [9.17, 15) is 53.4 Å². The van der Waals surface area contributed by atoms with Crippen molar-refractivity contribution < 1.29 is 53.4 Å². The zero-order valence-electron chi connectivity index (χ0n) is 32.7. The maximum atomic E-state index is 13.7. The fourth-order valence-corrected chi connectivity index (χ4v) is 5.39. The molecular weight excluding hydrogens is 773 g/mol. The summed E-state index contributed by atoms with van der Waals surface area (Å²) in [4.78, 5) is 117. The maximum absolute atomic E-state index is 13.7. The minimum atomic E-state index is -1.46. The second kappa shape index (κ2) is 27.4. The summed E-state index contributed by atoms with van der Waals surface area (Å²) < 4.78 is 0. The van der Waals surface area contributed by atoms with E-state index in [0.29, 0.717) is 5.75 Å². The lowest BCUT2D eigenvalue weighted by Crippen LogP contribution is -2.59. The molecule has 0 aliphatic rings. The fraction of sp³-hybridized carbons (Fsp3) is 0.697. The summed E-state index contributed by atoms with van der Waals surface area (Å²) in [6.07, 6.45) is -0.551. The summed E-state index contributed by atoms with van der Waals surface area (Å²) in [5.41, 5.74) is 26.9. The molecule has 0 aromatic heterocycles. The van der Waals surface area contributed by atoms with Crippen molar-refractivity contribution >= 4 is 70.9 Å². The SMILES string of the molecule is CSCC[C@H](NC(=O)[C@H](CCCN=C(N)N)NC(=O)[C@H](CCC(N)=O)NC(=O)[C@H](CC(C)C)NC(=O)[C@@H](N)[C@@H](C)O)C(=O)NCC(=O)N[C@@H](CCC(N)=O)C(=O)O. The summed E-state index contributed by atoms with van der Waals surface area (Å²) in [6.45, 7) is 4.19. The molecule has 0 aromatic rings. The number of carboxylic acids is 1. The van der Waals surface area contributed by atoms with Crippen LogP contribution in [-0.2, 0) is 43.2 Å². The second-order valence-electron chi connectivity index (χ2n) is 13.6. The average molecular weight is 833 g/mol. The van der Waals surface area contributed by atoms with Crippen LogP contribution in [-0.4, -0.2) is 137 Å². The molecule has 0 unspecified atom stereocenters. The Morgan fingerprint density at radius 1 is 0.649 bits per heavy atom. The van der Waals surface area contributed by atoms with E-state index in [-0.39, 0.29) is 69.8 Å². The van der Waals surface area contributed by atoms with E-state index in [1.165, 1.54) is 18.7 Å². The lowest BCUT2D eigenvalue weighted by Gasteiger charge is -2.27. The Morgan fingerprint density at radius 2 is 1.12 bits per heavy atom. The number of aliphatic carboxylic acids is 1. The number of aliphatic hydroxyl groups excluding tert-OH is 1. The molecule has 0 bridgehead atoms. The van der Waals surface area contributed by atoms with Crippen molar-refractivity contribution in [2.24, 2.45) is 39.6 Å². The van der Waals surface area contributed by atoms with Gasteiger partial charge in [-0.2, -0.15) is 11.8 Å². The first-order valence-corrected chi connectivity index (χ1v) is 19.5. The smallest absolute Gasteiger partial charge is 0.326 e. The van der Waals surface area contributed by atoms with Gasteiger partial charge in [-0.05, 0) is 63.4 Å². The molecule has 0 aliphatic carbocycles. The van der Waals surface area contributed by atoms with Crippen LogP contribution in [0, 0.1) is 5.92 Å². The van der Waals surface area contributed by atoms with Crippen LogP contribution in [0.2, 0.25) is 0 Å². The number of amides is 8. The predicted molar refractivity (Wildman–Crippen MR) is 209 cm³/mol. The van der Waals surface area contributed by atoms with Gasteiger partial charge >= 0.3 is 5.97 Å². The van der Waals surface area contributed by atoms with E-state index in [1.807, 2.05) is 0 Å². The first-order valence-electron chi connectivity index (χ1n) is 18.1. The molecule has 0 aliphatic heterocycles. The third-order valence-electron chi connectivity index (χ3n) is 8.03. The Labute approximate surface area is 334 Å². The van der Waals surface area contributed by atoms with Crippen LogP contribution in [0.4, 0.5) is 0 Å². The largest absolute Gasteiger partial charge is 0.480 e. The Hall–Kier alpha value is -5.23. The van der Waals surface area contributed by atoms with Gasteiger partial charge < -0.3 is 70.8 Å². The van der Waals surface area contributed by atoms with E-state index in [0.717, 1.165) is 0 Å². The number of nitrogens with zero attached hydrogens (tertiary/aromatic N) is 1. The van der Waals surface area contributed by atoms with Crippen molar-refractivity contribution in [3.8, 4) is 0 Å². The number of carboxylic acid groups (broad SMARTS) is 1. The van der Waals surface area contributed by atoms with Gasteiger partial charge in [0.1, 0.15) is 36.3 Å². The van der Waals surface area contributed by atoms with Crippen LogP contribution in [0.5, 0.6) is 0 Å². The molecular formula is C33H60N12O11S. The molecule has 7 atom stereocenters. The molecule has 8 amide bonds. The Bertz CT molecular complexity index is 1430. The number of carbonyl (C=O) groups is 9. The lowest BCUT2D eigenvalue weighted by atomic mass is 10.0. The molecule has 0 radical (unpaired) electrons. The number of primary amides is 2. The number of rotatable bonds is 29. The van der Waals surface area contributed by atoms with Gasteiger partial charge in [0.15, 0.2) is 5.96 Å². The van der Waals surface area contributed by atoms with Crippen molar-refractivity contribution in [1.82, 2.24) is 31.9 Å². The highest BCUT2D eigenvalue weighted by molar-refractivity contribution is 7.98. The lowest BCUT2D eigenvalue weighted by molar-refractivity contribution is -0.142. The van der Waals surface area contributed by atoms with Crippen LogP contribution >= 0.6 is 11.8 Å². The summed E-state index contributed by atoms with van der Waals surface area (Å²) in [5, 5.41) is 33.7. The van der Waals surface area contributed by atoms with Gasteiger partial charge in [0.2, 0.25) is 47.3 Å². The highest BCUT2D eigenvalue weighted by Crippen LogP contribution is 2.10. The molecule has 0 heterocycles. The number of hydrogen-bond donors (Lipinski definition) is 13. The standard InChI is InChI=1S/C33H60N12O11S/c1-16(2)14-22(45-31(54)26(36)17(3)46)30(53)43-19(7-9-23(34)47)29(52)42-18(6-5-12-39-33(37)38)28(51)44-20(11-13-57-4)27(50)40-15-25(49)41-21(32(55)56)8-10-24(35)48/h16-22,26,46H,5-15,36H2,1-4H3,(H2,34,47)(H2,35,48)(H,40,50)(H,41,49)(H,42,52)(H,43,53)(H,44,51)(H,45,54)(H,55,56)(H4,37,38,39)/t17-,18+,19+,20+,21+,22+,26+/m1/s1. The Balaban J connectivity index is 6.27. The number of guanidine groups is 1. The number of hydrogen-bond acceptors (Lipinski definition) is 13. The Kier molecular flexibility index (Phi) is 24.9. The highest BCUT2D eigenvalue weighted by Gasteiger charge is 2.33. The quantitative estimate of drug-likeness (QED) is 0.0190. The summed E-state index contributed by atoms with van der Waals surface area (Å²) >= 11 is 1.34. The molecule has 24 heteroatoms. The minimum absolute atomic E-state index is 0.0390. The number of aliphatic hydroxyl groups is 1. The van der Waals surface area contributed by atoms with Gasteiger partial charge in [-0.15, -0.1) is 0 Å². The van der Waals surface area contributed by atoms with E-state index in [4.69, 9.17) is 28.7 Å². The molecule has 23 nitrogen and oxygen atoms in total.